The fourth-order valence-electron chi connectivity index (χ4n) is 2.42. The van der Waals surface area contributed by atoms with Crippen LogP contribution in [0.15, 0.2) is 18.5 Å². The number of aliphatic hydroxyl groups excluding tert-OH is 3. The molecule has 2 heterocycles. The molecule has 2 rings (SSSR count). The molecule has 0 bridgehead atoms. The van der Waals surface area contributed by atoms with Crippen molar-refractivity contribution in [3.63, 3.8) is 0 Å². The van der Waals surface area contributed by atoms with Crippen LogP contribution in [0.3, 0.4) is 0 Å². The molecule has 4 N–H and O–H groups in total. The number of pyridine rings is 1. The minimum Gasteiger partial charge on any atom is -0.394 e. The van der Waals surface area contributed by atoms with Crippen molar-refractivity contribution >= 4 is 0 Å². The van der Waals surface area contributed by atoms with E-state index in [9.17, 15) is 10.2 Å². The maximum atomic E-state index is 9.81. The van der Waals surface area contributed by atoms with Crippen molar-refractivity contribution in [3.05, 3.63) is 29.6 Å². The highest BCUT2D eigenvalue weighted by atomic mass is 16.7. The molecule has 136 valence electrons. The summed E-state index contributed by atoms with van der Waals surface area (Å²) in [5.41, 5.74) is 4.90. The molecule has 1 aromatic heterocycles. The standard InChI is InChI=1S/C16H26N2O6/c1-11-5-12(8-17-7-11)10-23-18-3-2-4-22-16-15(21)14(20)6-13(9-19)24-16/h5,7-8,13-16,18-21H,2-4,6,9-10H2,1H3/t13?,14-,15?,16+/m1/s1. The first kappa shape index (κ1) is 19.2. The van der Waals surface area contributed by atoms with Gasteiger partial charge >= 0.3 is 0 Å². The third-order valence-electron chi connectivity index (χ3n) is 3.69. The number of nitrogens with one attached hydrogen (secondary N) is 1. The molecule has 0 aromatic carbocycles. The molecule has 4 atom stereocenters. The molecule has 0 spiro atoms. The van der Waals surface area contributed by atoms with Crippen LogP contribution in [0.25, 0.3) is 0 Å². The molecule has 8 heteroatoms. The zero-order valence-electron chi connectivity index (χ0n) is 13.8. The van der Waals surface area contributed by atoms with Gasteiger partial charge in [0.25, 0.3) is 0 Å². The van der Waals surface area contributed by atoms with Gasteiger partial charge in [-0.25, -0.2) is 5.48 Å². The highest BCUT2D eigenvalue weighted by Crippen LogP contribution is 2.21. The molecular formula is C16H26N2O6. The Morgan fingerprint density at radius 2 is 2.21 bits per heavy atom. The monoisotopic (exact) mass is 342 g/mol. The predicted molar refractivity (Wildman–Crippen MR) is 84.7 cm³/mol. The molecule has 1 saturated heterocycles. The van der Waals surface area contributed by atoms with Gasteiger partial charge in [0, 0.05) is 25.4 Å². The van der Waals surface area contributed by atoms with Gasteiger partial charge in [0.2, 0.25) is 0 Å². The average molecular weight is 342 g/mol. The van der Waals surface area contributed by atoms with E-state index in [0.29, 0.717) is 26.2 Å². The second-order valence-electron chi connectivity index (χ2n) is 5.88. The number of ether oxygens (including phenoxy) is 2. The SMILES string of the molecule is Cc1cncc(CONCCCO[C@H]2OC(CO)C[C@@H](O)C2O)c1. The Kier molecular flexibility index (Phi) is 8.00. The van der Waals surface area contributed by atoms with Gasteiger partial charge in [0.15, 0.2) is 6.29 Å². The van der Waals surface area contributed by atoms with Crippen molar-refractivity contribution < 1.29 is 29.6 Å². The lowest BCUT2D eigenvalue weighted by Crippen LogP contribution is -2.50. The quantitative estimate of drug-likeness (QED) is 0.356. The van der Waals surface area contributed by atoms with E-state index in [0.717, 1.165) is 11.1 Å². The zero-order valence-corrected chi connectivity index (χ0v) is 13.8. The van der Waals surface area contributed by atoms with Crippen LogP contribution in [0.5, 0.6) is 0 Å². The molecule has 1 fully saturated rings. The van der Waals surface area contributed by atoms with Crippen LogP contribution >= 0.6 is 0 Å². The molecule has 0 aliphatic carbocycles. The summed E-state index contributed by atoms with van der Waals surface area (Å²) in [6.45, 7) is 3.07. The van der Waals surface area contributed by atoms with Gasteiger partial charge in [-0.1, -0.05) is 6.07 Å². The molecule has 8 nitrogen and oxygen atoms in total. The molecule has 0 amide bonds. The highest BCUT2D eigenvalue weighted by molar-refractivity contribution is 5.15. The van der Waals surface area contributed by atoms with Gasteiger partial charge in [0.1, 0.15) is 6.10 Å². The largest absolute Gasteiger partial charge is 0.394 e. The van der Waals surface area contributed by atoms with E-state index in [4.69, 9.17) is 19.4 Å². The summed E-state index contributed by atoms with van der Waals surface area (Å²) in [5, 5.41) is 28.6. The second kappa shape index (κ2) is 10.00. The van der Waals surface area contributed by atoms with Gasteiger partial charge in [0.05, 0.1) is 32.0 Å². The number of rotatable bonds is 9. The van der Waals surface area contributed by atoms with E-state index >= 15 is 0 Å². The smallest absolute Gasteiger partial charge is 0.186 e. The van der Waals surface area contributed by atoms with Crippen molar-refractivity contribution in [2.75, 3.05) is 19.8 Å². The number of hydrogen-bond acceptors (Lipinski definition) is 8. The first-order valence-corrected chi connectivity index (χ1v) is 8.09. The highest BCUT2D eigenvalue weighted by Gasteiger charge is 2.36. The van der Waals surface area contributed by atoms with E-state index in [1.807, 2.05) is 13.0 Å². The van der Waals surface area contributed by atoms with Crippen LogP contribution < -0.4 is 5.48 Å². The van der Waals surface area contributed by atoms with Crippen LogP contribution in [0.2, 0.25) is 0 Å². The van der Waals surface area contributed by atoms with Gasteiger partial charge < -0.3 is 24.8 Å². The summed E-state index contributed by atoms with van der Waals surface area (Å²) >= 11 is 0. The van der Waals surface area contributed by atoms with Crippen molar-refractivity contribution in [2.45, 2.75) is 51.0 Å². The minimum atomic E-state index is -1.11. The Bertz CT molecular complexity index is 489. The third kappa shape index (κ3) is 6.06. The molecule has 0 radical (unpaired) electrons. The van der Waals surface area contributed by atoms with E-state index in [1.165, 1.54) is 0 Å². The maximum absolute atomic E-state index is 9.81. The third-order valence-corrected chi connectivity index (χ3v) is 3.69. The van der Waals surface area contributed by atoms with E-state index in [-0.39, 0.29) is 13.0 Å². The van der Waals surface area contributed by atoms with Crippen LogP contribution in [0.4, 0.5) is 0 Å². The summed E-state index contributed by atoms with van der Waals surface area (Å²) in [6.07, 6.45) is 0.870. The summed E-state index contributed by atoms with van der Waals surface area (Å²) in [7, 11) is 0. The van der Waals surface area contributed by atoms with E-state index in [1.54, 1.807) is 12.4 Å². The topological polar surface area (TPSA) is 113 Å². The Hall–Kier alpha value is -1.13. The number of nitrogens with zero attached hydrogens (tertiary/aromatic N) is 1. The summed E-state index contributed by atoms with van der Waals surface area (Å²) in [4.78, 5) is 9.43. The number of hydrogen-bond donors (Lipinski definition) is 4. The fourth-order valence-corrected chi connectivity index (χ4v) is 2.42. The van der Waals surface area contributed by atoms with Crippen molar-refractivity contribution in [1.29, 1.82) is 0 Å². The normalized spacial score (nSPS) is 27.3. The Labute approximate surface area is 141 Å². The lowest BCUT2D eigenvalue weighted by Gasteiger charge is -2.36. The fraction of sp³-hybridized carbons (Fsp3) is 0.688. The molecule has 24 heavy (non-hydrogen) atoms. The lowest BCUT2D eigenvalue weighted by atomic mass is 10.0. The Morgan fingerprint density at radius 1 is 1.38 bits per heavy atom. The molecule has 1 aromatic rings. The number of aryl methyl sites for hydroxylation is 1. The minimum absolute atomic E-state index is 0.195. The van der Waals surface area contributed by atoms with Gasteiger partial charge in [-0.2, -0.15) is 0 Å². The summed E-state index contributed by atoms with van der Waals surface area (Å²) in [6, 6.07) is 2.00. The van der Waals surface area contributed by atoms with Crippen LogP contribution in [-0.4, -0.2) is 64.7 Å². The summed E-state index contributed by atoms with van der Waals surface area (Å²) < 4.78 is 10.8. The summed E-state index contributed by atoms with van der Waals surface area (Å²) in [5.74, 6) is 0. The van der Waals surface area contributed by atoms with Gasteiger partial charge in [-0.05, 0) is 24.5 Å². The molecule has 0 saturated carbocycles. The molecular weight excluding hydrogens is 316 g/mol. The molecule has 2 unspecified atom stereocenters. The van der Waals surface area contributed by atoms with Crippen LogP contribution in [0.1, 0.15) is 24.0 Å². The predicted octanol–water partition coefficient (Wildman–Crippen LogP) is -0.353. The van der Waals surface area contributed by atoms with Crippen LogP contribution in [0, 0.1) is 6.92 Å². The number of aliphatic hydroxyl groups is 3. The van der Waals surface area contributed by atoms with E-state index in [2.05, 4.69) is 10.5 Å². The maximum Gasteiger partial charge on any atom is 0.186 e. The van der Waals surface area contributed by atoms with Crippen LogP contribution in [-0.2, 0) is 20.9 Å². The van der Waals surface area contributed by atoms with Crippen molar-refractivity contribution in [1.82, 2.24) is 10.5 Å². The van der Waals surface area contributed by atoms with Gasteiger partial charge in [-0.3, -0.25) is 9.82 Å². The molecule has 1 aliphatic heterocycles. The van der Waals surface area contributed by atoms with Gasteiger partial charge in [-0.15, -0.1) is 0 Å². The number of hydroxylamine groups is 1. The Morgan fingerprint density at radius 3 is 2.96 bits per heavy atom. The zero-order chi connectivity index (χ0) is 17.4. The molecule has 1 aliphatic rings. The average Bonchev–Trinajstić information content (AvgIpc) is 2.57. The second-order valence-corrected chi connectivity index (χ2v) is 5.88. The van der Waals surface area contributed by atoms with Crippen molar-refractivity contribution in [3.8, 4) is 0 Å². The first-order valence-electron chi connectivity index (χ1n) is 8.09. The van der Waals surface area contributed by atoms with E-state index < -0.39 is 24.6 Å². The Balaban J connectivity index is 1.56. The lowest BCUT2D eigenvalue weighted by molar-refractivity contribution is -0.271. The number of aromatic nitrogens is 1. The van der Waals surface area contributed by atoms with Crippen molar-refractivity contribution in [2.24, 2.45) is 0 Å². The first-order chi connectivity index (χ1) is 11.6.